The first kappa shape index (κ1) is 17.8. The zero-order valence-electron chi connectivity index (χ0n) is 14.1. The molecule has 1 aromatic heterocycles. The van der Waals surface area contributed by atoms with E-state index in [1.807, 2.05) is 53.9 Å². The van der Waals surface area contributed by atoms with Crippen LogP contribution in [0.25, 0.3) is 10.6 Å². The largest absolute Gasteiger partial charge is 0.347 e. The Morgan fingerprint density at radius 2 is 1.62 bits per heavy atom. The van der Waals surface area contributed by atoms with Crippen molar-refractivity contribution in [1.29, 1.82) is 0 Å². The molecule has 0 atom stereocenters. The maximum atomic E-state index is 11.9. The van der Waals surface area contributed by atoms with Crippen molar-refractivity contribution in [1.82, 2.24) is 10.3 Å². The van der Waals surface area contributed by atoms with Gasteiger partial charge in [0.15, 0.2) is 0 Å². The van der Waals surface area contributed by atoms with E-state index in [0.717, 1.165) is 16.3 Å². The number of aromatic nitrogens is 1. The van der Waals surface area contributed by atoms with Crippen LogP contribution in [-0.4, -0.2) is 23.3 Å². The van der Waals surface area contributed by atoms with Gasteiger partial charge in [0.2, 0.25) is 11.8 Å². The van der Waals surface area contributed by atoms with Crippen molar-refractivity contribution >= 4 is 28.8 Å². The van der Waals surface area contributed by atoms with Crippen LogP contribution in [-0.2, 0) is 16.0 Å². The first-order valence-electron chi connectivity index (χ1n) is 8.32. The first-order valence-corrected chi connectivity index (χ1v) is 9.20. The van der Waals surface area contributed by atoms with Crippen molar-refractivity contribution in [3.63, 3.8) is 0 Å². The number of amides is 2. The molecule has 2 aromatic carbocycles. The summed E-state index contributed by atoms with van der Waals surface area (Å²) < 4.78 is 0. The van der Waals surface area contributed by atoms with Gasteiger partial charge in [-0.2, -0.15) is 0 Å². The van der Waals surface area contributed by atoms with E-state index in [1.165, 1.54) is 0 Å². The van der Waals surface area contributed by atoms with E-state index in [4.69, 9.17) is 0 Å². The van der Waals surface area contributed by atoms with E-state index in [-0.39, 0.29) is 18.4 Å². The molecular weight excluding hydrogens is 346 g/mol. The molecule has 0 bridgehead atoms. The fourth-order valence-corrected chi connectivity index (χ4v) is 3.23. The molecule has 5 nitrogen and oxygen atoms in total. The van der Waals surface area contributed by atoms with Gasteiger partial charge in [0, 0.05) is 23.1 Å². The van der Waals surface area contributed by atoms with Crippen LogP contribution in [0.2, 0.25) is 0 Å². The van der Waals surface area contributed by atoms with Gasteiger partial charge in [-0.05, 0) is 18.6 Å². The van der Waals surface area contributed by atoms with Gasteiger partial charge < -0.3 is 10.6 Å². The molecular formula is C20H19N3O2S. The molecule has 132 valence electrons. The van der Waals surface area contributed by atoms with Gasteiger partial charge >= 0.3 is 0 Å². The van der Waals surface area contributed by atoms with Crippen molar-refractivity contribution in [3.8, 4) is 10.6 Å². The van der Waals surface area contributed by atoms with Gasteiger partial charge in [0.1, 0.15) is 5.01 Å². The van der Waals surface area contributed by atoms with Gasteiger partial charge in [-0.3, -0.25) is 9.59 Å². The fourth-order valence-electron chi connectivity index (χ4n) is 2.37. The molecule has 0 saturated carbocycles. The quantitative estimate of drug-likeness (QED) is 0.673. The molecule has 0 aliphatic carbocycles. The predicted octanol–water partition coefficient (Wildman–Crippen LogP) is 3.50. The number of anilines is 1. The van der Waals surface area contributed by atoms with Gasteiger partial charge in [-0.15, -0.1) is 11.3 Å². The summed E-state index contributed by atoms with van der Waals surface area (Å²) in [6.07, 6.45) is 0.853. The van der Waals surface area contributed by atoms with Crippen LogP contribution in [0.1, 0.15) is 12.1 Å². The van der Waals surface area contributed by atoms with Crippen LogP contribution in [0.3, 0.4) is 0 Å². The van der Waals surface area contributed by atoms with Crippen LogP contribution >= 0.6 is 11.3 Å². The van der Waals surface area contributed by atoms with Crippen LogP contribution in [0.5, 0.6) is 0 Å². The number of benzene rings is 2. The van der Waals surface area contributed by atoms with E-state index in [2.05, 4.69) is 15.6 Å². The lowest BCUT2D eigenvalue weighted by molar-refractivity contribution is -0.124. The highest BCUT2D eigenvalue weighted by Gasteiger charge is 2.09. The molecule has 0 fully saturated rings. The van der Waals surface area contributed by atoms with Crippen molar-refractivity contribution in [2.24, 2.45) is 0 Å². The van der Waals surface area contributed by atoms with Gasteiger partial charge in [-0.1, -0.05) is 48.5 Å². The lowest BCUT2D eigenvalue weighted by Gasteiger charge is -2.06. The minimum Gasteiger partial charge on any atom is -0.347 e. The number of hydrogen-bond acceptors (Lipinski definition) is 4. The molecule has 2 N–H and O–H groups in total. The SMILES string of the molecule is O=C(CCc1csc(-c2ccccc2)n1)NCC(=O)Nc1ccccc1. The van der Waals surface area contributed by atoms with Crippen molar-refractivity contribution < 1.29 is 9.59 Å². The minimum atomic E-state index is -0.246. The zero-order valence-corrected chi connectivity index (χ0v) is 15.0. The van der Waals surface area contributed by atoms with Crippen LogP contribution in [0.15, 0.2) is 66.0 Å². The number of carbonyl (C=O) groups excluding carboxylic acids is 2. The molecule has 0 radical (unpaired) electrons. The molecule has 1 heterocycles. The summed E-state index contributed by atoms with van der Waals surface area (Å²) in [6, 6.07) is 19.1. The van der Waals surface area contributed by atoms with E-state index in [0.29, 0.717) is 18.5 Å². The summed E-state index contributed by atoms with van der Waals surface area (Å²) >= 11 is 1.57. The number of para-hydroxylation sites is 1. The fraction of sp³-hybridized carbons (Fsp3) is 0.150. The van der Waals surface area contributed by atoms with Crippen molar-refractivity contribution in [3.05, 3.63) is 71.7 Å². The predicted molar refractivity (Wildman–Crippen MR) is 104 cm³/mol. The van der Waals surface area contributed by atoms with Crippen LogP contribution in [0, 0.1) is 0 Å². The van der Waals surface area contributed by atoms with Crippen LogP contribution < -0.4 is 10.6 Å². The lowest BCUT2D eigenvalue weighted by Crippen LogP contribution is -2.32. The molecule has 0 aliphatic heterocycles. The molecule has 2 amide bonds. The number of thiazole rings is 1. The third-order valence-electron chi connectivity index (χ3n) is 3.68. The van der Waals surface area contributed by atoms with Gasteiger partial charge in [0.25, 0.3) is 0 Å². The third kappa shape index (κ3) is 5.26. The molecule has 0 unspecified atom stereocenters. The Bertz CT molecular complexity index is 863. The summed E-state index contributed by atoms with van der Waals surface area (Å²) in [7, 11) is 0. The second-order valence-electron chi connectivity index (χ2n) is 5.70. The minimum absolute atomic E-state index is 0.0416. The smallest absolute Gasteiger partial charge is 0.243 e. The Hall–Kier alpha value is -2.99. The summed E-state index contributed by atoms with van der Waals surface area (Å²) in [4.78, 5) is 28.3. The number of hydrogen-bond donors (Lipinski definition) is 2. The standard InChI is InChI=1S/C20H19N3O2S/c24-18(21-13-19(25)22-16-9-5-2-6-10-16)12-11-17-14-26-20(23-17)15-7-3-1-4-8-15/h1-10,14H,11-13H2,(H,21,24)(H,22,25). The monoisotopic (exact) mass is 365 g/mol. The van der Waals surface area contributed by atoms with E-state index >= 15 is 0 Å². The van der Waals surface area contributed by atoms with E-state index < -0.39 is 0 Å². The number of carbonyl (C=O) groups is 2. The molecule has 3 aromatic rings. The highest BCUT2D eigenvalue weighted by Crippen LogP contribution is 2.23. The number of nitrogens with one attached hydrogen (secondary N) is 2. The Balaban J connectivity index is 1.42. The van der Waals surface area contributed by atoms with Gasteiger partial charge in [0.05, 0.1) is 12.2 Å². The first-order chi connectivity index (χ1) is 12.7. The average Bonchev–Trinajstić information content (AvgIpc) is 3.15. The average molecular weight is 365 g/mol. The second-order valence-corrected chi connectivity index (χ2v) is 6.56. The Labute approximate surface area is 156 Å². The highest BCUT2D eigenvalue weighted by molar-refractivity contribution is 7.13. The lowest BCUT2D eigenvalue weighted by atomic mass is 10.2. The zero-order chi connectivity index (χ0) is 18.2. The summed E-state index contributed by atoms with van der Waals surface area (Å²) in [5, 5.41) is 8.28. The number of aryl methyl sites for hydroxylation is 1. The Morgan fingerprint density at radius 3 is 2.35 bits per heavy atom. The van der Waals surface area contributed by atoms with E-state index in [1.54, 1.807) is 23.5 Å². The summed E-state index contributed by atoms with van der Waals surface area (Å²) in [5.41, 5.74) is 2.67. The Morgan fingerprint density at radius 1 is 0.923 bits per heavy atom. The molecule has 0 aliphatic rings. The normalized spacial score (nSPS) is 10.3. The molecule has 0 spiro atoms. The van der Waals surface area contributed by atoms with Crippen LogP contribution in [0.4, 0.5) is 5.69 Å². The maximum absolute atomic E-state index is 11.9. The summed E-state index contributed by atoms with van der Waals surface area (Å²) in [6.45, 7) is -0.0416. The molecule has 6 heteroatoms. The maximum Gasteiger partial charge on any atom is 0.243 e. The summed E-state index contributed by atoms with van der Waals surface area (Å²) in [5.74, 6) is -0.410. The van der Waals surface area contributed by atoms with Crippen molar-refractivity contribution in [2.45, 2.75) is 12.8 Å². The topological polar surface area (TPSA) is 71.1 Å². The van der Waals surface area contributed by atoms with E-state index in [9.17, 15) is 9.59 Å². The molecule has 0 saturated heterocycles. The third-order valence-corrected chi connectivity index (χ3v) is 4.62. The molecule has 26 heavy (non-hydrogen) atoms. The highest BCUT2D eigenvalue weighted by atomic mass is 32.1. The van der Waals surface area contributed by atoms with Crippen molar-refractivity contribution in [2.75, 3.05) is 11.9 Å². The second kappa shape index (κ2) is 8.92. The number of nitrogens with zero attached hydrogens (tertiary/aromatic N) is 1. The Kier molecular flexibility index (Phi) is 6.11. The number of rotatable bonds is 7. The van der Waals surface area contributed by atoms with Gasteiger partial charge in [-0.25, -0.2) is 4.98 Å². The molecule has 3 rings (SSSR count).